The number of rotatable bonds is 5. The second kappa shape index (κ2) is 6.16. The van der Waals surface area contributed by atoms with E-state index in [0.29, 0.717) is 13.0 Å². The lowest BCUT2D eigenvalue weighted by molar-refractivity contribution is -0.119. The molecule has 0 spiro atoms. The number of nitrogens with zero attached hydrogens (tertiary/aromatic N) is 1. The average molecular weight is 296 g/mol. The fraction of sp³-hybridized carbons (Fsp3) is 0.176. The van der Waals surface area contributed by atoms with Gasteiger partial charge in [0.2, 0.25) is 0 Å². The van der Waals surface area contributed by atoms with Gasteiger partial charge in [0, 0.05) is 6.54 Å². The SMILES string of the molecule is NCC(C(=O)Cc1nc2ccccc2s1)c1ccccc1. The van der Waals surface area contributed by atoms with Gasteiger partial charge in [0.15, 0.2) is 0 Å². The Morgan fingerprint density at radius 2 is 1.81 bits per heavy atom. The van der Waals surface area contributed by atoms with E-state index in [0.717, 1.165) is 20.8 Å². The molecular weight excluding hydrogens is 280 g/mol. The largest absolute Gasteiger partial charge is 0.329 e. The quantitative estimate of drug-likeness (QED) is 0.787. The maximum Gasteiger partial charge on any atom is 0.148 e. The first-order valence-electron chi connectivity index (χ1n) is 6.90. The second-order valence-electron chi connectivity index (χ2n) is 4.92. The molecule has 4 heteroatoms. The molecule has 0 radical (unpaired) electrons. The van der Waals surface area contributed by atoms with Crippen molar-refractivity contribution < 1.29 is 4.79 Å². The molecule has 0 saturated carbocycles. The van der Waals surface area contributed by atoms with Crippen LogP contribution in [0.5, 0.6) is 0 Å². The third-order valence-electron chi connectivity index (χ3n) is 3.49. The molecule has 0 fully saturated rings. The number of hydrogen-bond acceptors (Lipinski definition) is 4. The van der Waals surface area contributed by atoms with E-state index < -0.39 is 0 Å². The maximum atomic E-state index is 12.5. The highest BCUT2D eigenvalue weighted by atomic mass is 32.1. The minimum atomic E-state index is -0.252. The van der Waals surface area contributed by atoms with Crippen LogP contribution in [0, 0.1) is 0 Å². The van der Waals surface area contributed by atoms with E-state index in [9.17, 15) is 4.79 Å². The smallest absolute Gasteiger partial charge is 0.148 e. The van der Waals surface area contributed by atoms with E-state index in [-0.39, 0.29) is 11.7 Å². The lowest BCUT2D eigenvalue weighted by atomic mass is 9.93. The van der Waals surface area contributed by atoms with Gasteiger partial charge in [-0.2, -0.15) is 0 Å². The zero-order valence-electron chi connectivity index (χ0n) is 11.5. The summed E-state index contributed by atoms with van der Waals surface area (Å²) < 4.78 is 1.12. The Labute approximate surface area is 127 Å². The molecule has 0 aliphatic heterocycles. The highest BCUT2D eigenvalue weighted by molar-refractivity contribution is 7.18. The van der Waals surface area contributed by atoms with E-state index in [4.69, 9.17) is 5.73 Å². The van der Waals surface area contributed by atoms with Gasteiger partial charge in [-0.15, -0.1) is 11.3 Å². The Morgan fingerprint density at radius 3 is 2.52 bits per heavy atom. The Morgan fingerprint density at radius 1 is 1.10 bits per heavy atom. The molecular formula is C17H16N2OS. The number of Topliss-reactive ketones (excluding diaryl/α,β-unsaturated/α-hetero) is 1. The fourth-order valence-electron chi connectivity index (χ4n) is 2.41. The summed E-state index contributed by atoms with van der Waals surface area (Å²) in [5.74, 6) is -0.124. The van der Waals surface area contributed by atoms with E-state index in [1.807, 2.05) is 54.6 Å². The molecule has 0 bridgehead atoms. The number of ketones is 1. The van der Waals surface area contributed by atoms with Gasteiger partial charge >= 0.3 is 0 Å². The Balaban J connectivity index is 1.81. The maximum absolute atomic E-state index is 12.5. The predicted molar refractivity (Wildman–Crippen MR) is 86.6 cm³/mol. The number of thiazole rings is 1. The van der Waals surface area contributed by atoms with Crippen LogP contribution in [0.1, 0.15) is 16.5 Å². The van der Waals surface area contributed by atoms with Crippen LogP contribution in [0.25, 0.3) is 10.2 Å². The molecule has 1 heterocycles. The number of carbonyl (C=O) groups excluding carboxylic acids is 1. The summed E-state index contributed by atoms with van der Waals surface area (Å²) in [5.41, 5.74) is 7.73. The molecule has 2 aromatic carbocycles. The number of carbonyl (C=O) groups is 1. The molecule has 0 amide bonds. The van der Waals surface area contributed by atoms with Crippen LogP contribution in [-0.4, -0.2) is 17.3 Å². The normalized spacial score (nSPS) is 12.4. The van der Waals surface area contributed by atoms with Crippen molar-refractivity contribution >= 4 is 27.3 Å². The van der Waals surface area contributed by atoms with E-state index in [1.165, 1.54) is 0 Å². The zero-order chi connectivity index (χ0) is 14.7. The summed E-state index contributed by atoms with van der Waals surface area (Å²) in [6.07, 6.45) is 0.343. The molecule has 3 rings (SSSR count). The molecule has 1 atom stereocenters. The van der Waals surface area contributed by atoms with Crippen molar-refractivity contribution in [1.82, 2.24) is 4.98 Å². The van der Waals surface area contributed by atoms with Crippen molar-refractivity contribution in [3.8, 4) is 0 Å². The Hall–Kier alpha value is -2.04. The lowest BCUT2D eigenvalue weighted by Gasteiger charge is -2.13. The molecule has 3 aromatic rings. The number of benzene rings is 2. The zero-order valence-corrected chi connectivity index (χ0v) is 12.3. The monoisotopic (exact) mass is 296 g/mol. The van der Waals surface area contributed by atoms with Gasteiger partial charge < -0.3 is 5.73 Å². The van der Waals surface area contributed by atoms with Crippen LogP contribution in [-0.2, 0) is 11.2 Å². The molecule has 0 saturated heterocycles. The summed E-state index contributed by atoms with van der Waals surface area (Å²) in [5, 5.41) is 0.857. The molecule has 0 aliphatic carbocycles. The van der Waals surface area contributed by atoms with Crippen LogP contribution >= 0.6 is 11.3 Å². The van der Waals surface area contributed by atoms with Gasteiger partial charge in [0.1, 0.15) is 10.8 Å². The summed E-state index contributed by atoms with van der Waals surface area (Å²) >= 11 is 1.58. The highest BCUT2D eigenvalue weighted by Gasteiger charge is 2.20. The lowest BCUT2D eigenvalue weighted by Crippen LogP contribution is -2.23. The van der Waals surface area contributed by atoms with E-state index in [2.05, 4.69) is 4.98 Å². The summed E-state index contributed by atoms with van der Waals surface area (Å²) in [4.78, 5) is 17.0. The van der Waals surface area contributed by atoms with Crippen molar-refractivity contribution in [2.24, 2.45) is 5.73 Å². The molecule has 2 N–H and O–H groups in total. The van der Waals surface area contributed by atoms with Crippen LogP contribution in [0.15, 0.2) is 54.6 Å². The molecule has 21 heavy (non-hydrogen) atoms. The van der Waals surface area contributed by atoms with Crippen molar-refractivity contribution in [1.29, 1.82) is 0 Å². The van der Waals surface area contributed by atoms with E-state index in [1.54, 1.807) is 11.3 Å². The van der Waals surface area contributed by atoms with Gasteiger partial charge in [0.05, 0.1) is 22.6 Å². The first-order chi connectivity index (χ1) is 10.3. The molecule has 1 aromatic heterocycles. The van der Waals surface area contributed by atoms with Gasteiger partial charge in [-0.1, -0.05) is 42.5 Å². The number of aromatic nitrogens is 1. The van der Waals surface area contributed by atoms with Crippen LogP contribution in [0.2, 0.25) is 0 Å². The van der Waals surface area contributed by atoms with Crippen LogP contribution in [0.4, 0.5) is 0 Å². The van der Waals surface area contributed by atoms with Gasteiger partial charge in [0.25, 0.3) is 0 Å². The standard InChI is InChI=1S/C17H16N2OS/c18-11-13(12-6-2-1-3-7-12)15(20)10-17-19-14-8-4-5-9-16(14)21-17/h1-9,13H,10-11,18H2. The van der Waals surface area contributed by atoms with Crippen molar-refractivity contribution in [3.05, 3.63) is 65.2 Å². The highest BCUT2D eigenvalue weighted by Crippen LogP contribution is 2.24. The van der Waals surface area contributed by atoms with Crippen LogP contribution in [0.3, 0.4) is 0 Å². The second-order valence-corrected chi connectivity index (χ2v) is 6.03. The topological polar surface area (TPSA) is 56.0 Å². The number of nitrogens with two attached hydrogens (primary N) is 1. The van der Waals surface area contributed by atoms with Gasteiger partial charge in [-0.25, -0.2) is 4.98 Å². The fourth-order valence-corrected chi connectivity index (χ4v) is 3.38. The summed E-state index contributed by atoms with van der Waals surface area (Å²) in [7, 11) is 0. The van der Waals surface area contributed by atoms with Crippen LogP contribution < -0.4 is 5.73 Å². The van der Waals surface area contributed by atoms with Crippen molar-refractivity contribution in [2.45, 2.75) is 12.3 Å². The molecule has 1 unspecified atom stereocenters. The Kier molecular flexibility index (Phi) is 4.08. The van der Waals surface area contributed by atoms with Crippen molar-refractivity contribution in [3.63, 3.8) is 0 Å². The van der Waals surface area contributed by atoms with Gasteiger partial charge in [-0.05, 0) is 17.7 Å². The predicted octanol–water partition coefficient (Wildman–Crippen LogP) is 3.15. The summed E-state index contributed by atoms with van der Waals surface area (Å²) in [6, 6.07) is 17.7. The van der Waals surface area contributed by atoms with E-state index >= 15 is 0 Å². The van der Waals surface area contributed by atoms with Crippen molar-refractivity contribution in [2.75, 3.05) is 6.54 Å². The third kappa shape index (κ3) is 3.01. The number of fused-ring (bicyclic) bond motifs is 1. The number of para-hydroxylation sites is 1. The minimum absolute atomic E-state index is 0.128. The molecule has 0 aliphatic rings. The molecule has 3 nitrogen and oxygen atoms in total. The van der Waals surface area contributed by atoms with Gasteiger partial charge in [-0.3, -0.25) is 4.79 Å². The first-order valence-corrected chi connectivity index (χ1v) is 7.72. The summed E-state index contributed by atoms with van der Waals surface area (Å²) in [6.45, 7) is 0.327. The first kappa shape index (κ1) is 13.9. The Bertz CT molecular complexity index is 719. The minimum Gasteiger partial charge on any atom is -0.329 e. The number of hydrogen-bond donors (Lipinski definition) is 1. The molecule has 106 valence electrons. The average Bonchev–Trinajstić information content (AvgIpc) is 2.91. The third-order valence-corrected chi connectivity index (χ3v) is 4.53.